The fourth-order valence-electron chi connectivity index (χ4n) is 3.40. The van der Waals surface area contributed by atoms with Crippen molar-refractivity contribution in [3.05, 3.63) is 36.1 Å². The lowest BCUT2D eigenvalue weighted by Gasteiger charge is -2.34. The molecule has 1 saturated heterocycles. The first-order valence-electron chi connectivity index (χ1n) is 9.31. The quantitative estimate of drug-likeness (QED) is 0.791. The molecule has 0 bridgehead atoms. The van der Waals surface area contributed by atoms with E-state index < -0.39 is 17.4 Å². The largest absolute Gasteiger partial charge is 0.437 e. The molecule has 1 fully saturated rings. The number of rotatable bonds is 1. The average molecular weight is 395 g/mol. The Morgan fingerprint density at radius 2 is 1.82 bits per heavy atom. The van der Waals surface area contributed by atoms with Gasteiger partial charge in [-0.1, -0.05) is 0 Å². The number of hydrogen-bond donors (Lipinski definition) is 1. The summed E-state index contributed by atoms with van der Waals surface area (Å²) in [6, 6.07) is 0. The lowest BCUT2D eigenvalue weighted by atomic mass is 10.1. The molecule has 10 heteroatoms. The summed E-state index contributed by atoms with van der Waals surface area (Å²) in [4.78, 5) is 6.83. The fourth-order valence-corrected chi connectivity index (χ4v) is 3.40. The van der Waals surface area contributed by atoms with Crippen molar-refractivity contribution in [1.82, 2.24) is 25.0 Å². The van der Waals surface area contributed by atoms with Crippen LogP contribution < -0.4 is 10.3 Å². The molecule has 0 spiro atoms. The summed E-state index contributed by atoms with van der Waals surface area (Å²) >= 11 is 0. The molecular formula is C18H24F3N7. The van der Waals surface area contributed by atoms with Gasteiger partial charge >= 0.3 is 6.18 Å². The van der Waals surface area contributed by atoms with Crippen LogP contribution in [0.4, 0.5) is 18.9 Å². The van der Waals surface area contributed by atoms with Crippen LogP contribution in [-0.2, 0) is 11.7 Å². The number of alkyl halides is 3. The van der Waals surface area contributed by atoms with E-state index >= 15 is 0 Å². The zero-order valence-corrected chi connectivity index (χ0v) is 16.2. The Kier molecular flexibility index (Phi) is 4.40. The van der Waals surface area contributed by atoms with Crippen molar-refractivity contribution in [2.24, 2.45) is 4.99 Å². The van der Waals surface area contributed by atoms with E-state index in [1.807, 2.05) is 32.9 Å². The van der Waals surface area contributed by atoms with Crippen molar-refractivity contribution < 1.29 is 13.2 Å². The lowest BCUT2D eigenvalue weighted by molar-refractivity contribution is -0.141. The minimum Gasteiger partial charge on any atom is -0.354 e. The molecule has 28 heavy (non-hydrogen) atoms. The van der Waals surface area contributed by atoms with Crippen LogP contribution in [0.1, 0.15) is 26.5 Å². The van der Waals surface area contributed by atoms with E-state index in [-0.39, 0.29) is 5.69 Å². The number of hydrogen-bond acceptors (Lipinski definition) is 6. The van der Waals surface area contributed by atoms with Gasteiger partial charge in [0.2, 0.25) is 0 Å². The van der Waals surface area contributed by atoms with Gasteiger partial charge in [-0.15, -0.1) is 0 Å². The highest BCUT2D eigenvalue weighted by Gasteiger charge is 2.42. The van der Waals surface area contributed by atoms with Crippen LogP contribution in [0.25, 0.3) is 0 Å². The van der Waals surface area contributed by atoms with Crippen LogP contribution in [0.5, 0.6) is 0 Å². The van der Waals surface area contributed by atoms with Crippen LogP contribution in [-0.4, -0.2) is 58.2 Å². The maximum atomic E-state index is 13.6. The van der Waals surface area contributed by atoms with Crippen LogP contribution in [0.15, 0.2) is 35.4 Å². The Bertz CT molecular complexity index is 838. The smallest absolute Gasteiger partial charge is 0.354 e. The number of halogens is 3. The van der Waals surface area contributed by atoms with E-state index in [9.17, 15) is 13.2 Å². The lowest BCUT2D eigenvalue weighted by Crippen LogP contribution is -2.47. The molecule has 0 aliphatic carbocycles. The molecule has 0 unspecified atom stereocenters. The zero-order valence-electron chi connectivity index (χ0n) is 16.2. The second-order valence-corrected chi connectivity index (χ2v) is 7.99. The standard InChI is InChI=1S/C18H24F3N7/c1-17(2,3)28-12-13(16(24-28)18(19,20)21)26-8-5-15-23-14(4-9-27(15)26)25-10-6-22-7-11-25/h4-5,9,12,22H,6-8,10-11H2,1-3H3. The molecule has 4 heterocycles. The monoisotopic (exact) mass is 395 g/mol. The summed E-state index contributed by atoms with van der Waals surface area (Å²) in [7, 11) is 0. The molecule has 4 rings (SSSR count). The molecule has 3 aliphatic heterocycles. The highest BCUT2D eigenvalue weighted by atomic mass is 19.4. The minimum atomic E-state index is -4.54. The van der Waals surface area contributed by atoms with Gasteiger partial charge in [0.25, 0.3) is 0 Å². The van der Waals surface area contributed by atoms with Gasteiger partial charge in [-0.05, 0) is 32.9 Å². The molecule has 1 N–H and O–H groups in total. The van der Waals surface area contributed by atoms with Gasteiger partial charge in [-0.2, -0.15) is 18.3 Å². The summed E-state index contributed by atoms with van der Waals surface area (Å²) in [5, 5.41) is 10.4. The van der Waals surface area contributed by atoms with Gasteiger partial charge in [0.1, 0.15) is 11.5 Å². The maximum absolute atomic E-state index is 13.6. The number of nitrogens with zero attached hydrogens (tertiary/aromatic N) is 6. The molecule has 3 aliphatic rings. The maximum Gasteiger partial charge on any atom is 0.437 e. The Morgan fingerprint density at radius 3 is 2.46 bits per heavy atom. The third kappa shape index (κ3) is 3.36. The van der Waals surface area contributed by atoms with E-state index in [0.717, 1.165) is 32.0 Å². The van der Waals surface area contributed by atoms with E-state index in [1.165, 1.54) is 10.9 Å². The van der Waals surface area contributed by atoms with Crippen molar-refractivity contribution in [1.29, 1.82) is 0 Å². The summed E-state index contributed by atoms with van der Waals surface area (Å²) in [5.41, 5.74) is -1.42. The summed E-state index contributed by atoms with van der Waals surface area (Å²) in [6.07, 6.45) is 2.38. The number of aliphatic imine (C=N–C) groups is 1. The normalized spacial score (nSPS) is 20.4. The summed E-state index contributed by atoms with van der Waals surface area (Å²) in [5.74, 6) is 1.47. The minimum absolute atomic E-state index is 0.0270. The van der Waals surface area contributed by atoms with E-state index in [0.29, 0.717) is 12.4 Å². The van der Waals surface area contributed by atoms with Crippen molar-refractivity contribution in [3.63, 3.8) is 0 Å². The average Bonchev–Trinajstić information content (AvgIpc) is 3.25. The van der Waals surface area contributed by atoms with Gasteiger partial charge in [-0.25, -0.2) is 10.0 Å². The SMILES string of the molecule is CC(C)(C)n1cc(N2CC=C3N=C(N4CCNCC4)C=CN32)c(C(F)(F)F)n1. The molecular weight excluding hydrogens is 371 g/mol. The van der Waals surface area contributed by atoms with Crippen LogP contribution in [0.2, 0.25) is 0 Å². The van der Waals surface area contributed by atoms with Gasteiger partial charge in [0.15, 0.2) is 11.5 Å². The number of hydrazine groups is 1. The molecule has 7 nitrogen and oxygen atoms in total. The molecule has 0 aromatic carbocycles. The first kappa shape index (κ1) is 18.9. The Morgan fingerprint density at radius 1 is 1.11 bits per heavy atom. The third-order valence-electron chi connectivity index (χ3n) is 4.91. The zero-order chi connectivity index (χ0) is 20.1. The fraction of sp³-hybridized carbons (Fsp3) is 0.556. The molecule has 0 radical (unpaired) electrons. The topological polar surface area (TPSA) is 51.9 Å². The molecule has 0 atom stereocenters. The predicted octanol–water partition coefficient (Wildman–Crippen LogP) is 2.37. The van der Waals surface area contributed by atoms with E-state index in [4.69, 9.17) is 0 Å². The molecule has 1 aromatic heterocycles. The van der Waals surface area contributed by atoms with E-state index in [2.05, 4.69) is 20.3 Å². The Balaban J connectivity index is 1.62. The second kappa shape index (κ2) is 6.54. The van der Waals surface area contributed by atoms with Crippen LogP contribution in [0, 0.1) is 0 Å². The van der Waals surface area contributed by atoms with Gasteiger partial charge in [0, 0.05) is 32.4 Å². The highest BCUT2D eigenvalue weighted by molar-refractivity contribution is 5.94. The van der Waals surface area contributed by atoms with Gasteiger partial charge in [-0.3, -0.25) is 9.69 Å². The molecule has 0 saturated carbocycles. The van der Waals surface area contributed by atoms with Crippen LogP contribution >= 0.6 is 0 Å². The molecule has 0 amide bonds. The number of fused-ring (bicyclic) bond motifs is 1. The van der Waals surface area contributed by atoms with Crippen molar-refractivity contribution in [3.8, 4) is 0 Å². The van der Waals surface area contributed by atoms with Crippen molar-refractivity contribution in [2.45, 2.75) is 32.5 Å². The number of piperazine rings is 1. The number of nitrogens with one attached hydrogen (secondary N) is 1. The highest BCUT2D eigenvalue weighted by Crippen LogP contribution is 2.39. The predicted molar refractivity (Wildman–Crippen MR) is 101 cm³/mol. The molecule has 1 aromatic rings. The van der Waals surface area contributed by atoms with Crippen molar-refractivity contribution >= 4 is 11.5 Å². The number of amidine groups is 1. The van der Waals surface area contributed by atoms with E-state index in [1.54, 1.807) is 16.2 Å². The summed E-state index contributed by atoms with van der Waals surface area (Å²) < 4.78 is 42.3. The van der Waals surface area contributed by atoms with Crippen molar-refractivity contribution in [2.75, 3.05) is 37.7 Å². The third-order valence-corrected chi connectivity index (χ3v) is 4.91. The first-order valence-corrected chi connectivity index (χ1v) is 9.31. The molecule has 152 valence electrons. The van der Waals surface area contributed by atoms with Gasteiger partial charge in [0.05, 0.1) is 18.3 Å². The number of aromatic nitrogens is 2. The second-order valence-electron chi connectivity index (χ2n) is 7.99. The van der Waals surface area contributed by atoms with Crippen LogP contribution in [0.3, 0.4) is 0 Å². The Hall–Kier alpha value is -2.49. The Labute approximate surface area is 161 Å². The van der Waals surface area contributed by atoms with Gasteiger partial charge < -0.3 is 10.2 Å². The summed E-state index contributed by atoms with van der Waals surface area (Å²) in [6.45, 7) is 9.27. The number of anilines is 1. The first-order chi connectivity index (χ1) is 13.1.